The Bertz CT molecular complexity index is 697. The molecule has 5 nitrogen and oxygen atoms in total. The number of carbonyl (C=O) groups is 1. The lowest BCUT2D eigenvalue weighted by molar-refractivity contribution is 0.0200. The van der Waals surface area contributed by atoms with E-state index in [1.54, 1.807) is 4.90 Å². The summed E-state index contributed by atoms with van der Waals surface area (Å²) < 4.78 is 7.67. The summed E-state index contributed by atoms with van der Waals surface area (Å²) in [4.78, 5) is 13.9. The molecule has 2 aromatic rings. The molecule has 1 aliphatic rings. The molecule has 1 aromatic carbocycles. The van der Waals surface area contributed by atoms with Crippen LogP contribution in [-0.2, 0) is 17.8 Å². The molecule has 0 radical (unpaired) electrons. The van der Waals surface area contributed by atoms with Gasteiger partial charge in [0.1, 0.15) is 5.60 Å². The monoisotopic (exact) mass is 287 g/mol. The highest BCUT2D eigenvalue weighted by Crippen LogP contribution is 2.26. The van der Waals surface area contributed by atoms with Crippen molar-refractivity contribution in [3.05, 3.63) is 30.0 Å². The first-order valence-electron chi connectivity index (χ1n) is 7.19. The number of amides is 1. The Labute approximate surface area is 124 Å². The first kappa shape index (κ1) is 13.8. The van der Waals surface area contributed by atoms with Crippen molar-refractivity contribution in [2.75, 3.05) is 12.3 Å². The summed E-state index contributed by atoms with van der Waals surface area (Å²) in [5, 5.41) is 1.16. The molecule has 0 unspecified atom stereocenters. The van der Waals surface area contributed by atoms with Crippen molar-refractivity contribution in [3.63, 3.8) is 0 Å². The zero-order chi connectivity index (χ0) is 15.2. The van der Waals surface area contributed by atoms with Crippen LogP contribution >= 0.6 is 0 Å². The van der Waals surface area contributed by atoms with Crippen molar-refractivity contribution in [3.8, 4) is 0 Å². The maximum atomic E-state index is 12.2. The number of ether oxygens (including phenoxy) is 1. The van der Waals surface area contributed by atoms with Crippen molar-refractivity contribution in [2.45, 2.75) is 39.5 Å². The molecule has 0 saturated carbocycles. The van der Waals surface area contributed by atoms with Crippen LogP contribution < -0.4 is 5.73 Å². The van der Waals surface area contributed by atoms with E-state index < -0.39 is 5.60 Å². The number of anilines is 1. The molecular formula is C16H21N3O2. The van der Waals surface area contributed by atoms with Crippen molar-refractivity contribution in [1.82, 2.24) is 9.47 Å². The van der Waals surface area contributed by atoms with Gasteiger partial charge in [-0.2, -0.15) is 0 Å². The number of carbonyl (C=O) groups excluding carboxylic acids is 1. The maximum absolute atomic E-state index is 12.2. The molecule has 112 valence electrons. The molecule has 2 heterocycles. The third-order valence-electron chi connectivity index (χ3n) is 3.61. The molecule has 21 heavy (non-hydrogen) atoms. The molecule has 1 amide bonds. The van der Waals surface area contributed by atoms with Crippen LogP contribution in [0.1, 0.15) is 26.5 Å². The van der Waals surface area contributed by atoms with Crippen molar-refractivity contribution in [2.24, 2.45) is 0 Å². The summed E-state index contributed by atoms with van der Waals surface area (Å²) >= 11 is 0. The zero-order valence-corrected chi connectivity index (χ0v) is 12.7. The van der Waals surface area contributed by atoms with Crippen molar-refractivity contribution < 1.29 is 9.53 Å². The predicted octanol–water partition coefficient (Wildman–Crippen LogP) is 2.97. The van der Waals surface area contributed by atoms with E-state index in [2.05, 4.69) is 10.6 Å². The lowest BCUT2D eigenvalue weighted by Crippen LogP contribution is -2.41. The van der Waals surface area contributed by atoms with Crippen LogP contribution in [0, 0.1) is 0 Å². The Morgan fingerprint density at radius 3 is 2.71 bits per heavy atom. The van der Waals surface area contributed by atoms with E-state index in [1.807, 2.05) is 39.0 Å². The van der Waals surface area contributed by atoms with Gasteiger partial charge >= 0.3 is 6.09 Å². The van der Waals surface area contributed by atoms with Gasteiger partial charge in [-0.1, -0.05) is 6.07 Å². The average molecular weight is 287 g/mol. The molecule has 1 aromatic heterocycles. The van der Waals surface area contributed by atoms with E-state index >= 15 is 0 Å². The average Bonchev–Trinajstić information content (AvgIpc) is 2.73. The Morgan fingerprint density at radius 2 is 2.00 bits per heavy atom. The minimum Gasteiger partial charge on any atom is -0.444 e. The Kier molecular flexibility index (Phi) is 3.08. The summed E-state index contributed by atoms with van der Waals surface area (Å²) in [7, 11) is 0. The highest BCUT2D eigenvalue weighted by Gasteiger charge is 2.26. The predicted molar refractivity (Wildman–Crippen MR) is 83.0 cm³/mol. The van der Waals surface area contributed by atoms with E-state index in [9.17, 15) is 4.79 Å². The van der Waals surface area contributed by atoms with Crippen LogP contribution in [0.25, 0.3) is 10.9 Å². The smallest absolute Gasteiger partial charge is 0.410 e. The first-order chi connectivity index (χ1) is 9.83. The number of nitrogens with zero attached hydrogens (tertiary/aromatic N) is 2. The SMILES string of the molecule is CC(C)(C)OC(=O)N1CCn2c(cc3ccc(N)cc32)C1. The molecule has 0 aliphatic carbocycles. The van der Waals surface area contributed by atoms with Crippen molar-refractivity contribution in [1.29, 1.82) is 0 Å². The van der Waals surface area contributed by atoms with Crippen LogP contribution in [0.5, 0.6) is 0 Å². The fourth-order valence-electron chi connectivity index (χ4n) is 2.70. The molecule has 0 spiro atoms. The third kappa shape index (κ3) is 2.68. The molecule has 0 bridgehead atoms. The summed E-state index contributed by atoms with van der Waals surface area (Å²) in [5.74, 6) is 0. The molecule has 2 N–H and O–H groups in total. The Morgan fingerprint density at radius 1 is 1.24 bits per heavy atom. The van der Waals surface area contributed by atoms with E-state index in [0.29, 0.717) is 13.1 Å². The molecule has 0 atom stereocenters. The van der Waals surface area contributed by atoms with Crippen LogP contribution in [0.2, 0.25) is 0 Å². The number of nitrogens with two attached hydrogens (primary N) is 1. The van der Waals surface area contributed by atoms with Crippen LogP contribution in [0.15, 0.2) is 24.3 Å². The topological polar surface area (TPSA) is 60.5 Å². The lowest BCUT2D eigenvalue weighted by Gasteiger charge is -2.31. The molecule has 5 heteroatoms. The fraction of sp³-hybridized carbons (Fsp3) is 0.438. The summed E-state index contributed by atoms with van der Waals surface area (Å²) in [6.45, 7) is 7.64. The summed E-state index contributed by atoms with van der Waals surface area (Å²) in [6.07, 6.45) is -0.251. The third-order valence-corrected chi connectivity index (χ3v) is 3.61. The number of hydrogen-bond acceptors (Lipinski definition) is 3. The van der Waals surface area contributed by atoms with Gasteiger partial charge in [-0.25, -0.2) is 4.79 Å². The number of rotatable bonds is 0. The van der Waals surface area contributed by atoms with Gasteiger partial charge in [0.05, 0.1) is 12.1 Å². The van der Waals surface area contributed by atoms with E-state index in [0.717, 1.165) is 28.8 Å². The number of fused-ring (bicyclic) bond motifs is 3. The lowest BCUT2D eigenvalue weighted by atomic mass is 10.2. The highest BCUT2D eigenvalue weighted by atomic mass is 16.6. The zero-order valence-electron chi connectivity index (χ0n) is 12.7. The Hall–Kier alpha value is -2.17. The van der Waals surface area contributed by atoms with Crippen LogP contribution in [0.3, 0.4) is 0 Å². The molecular weight excluding hydrogens is 266 g/mol. The van der Waals surface area contributed by atoms with Gasteiger partial charge in [0, 0.05) is 29.9 Å². The number of nitrogen functional groups attached to an aromatic ring is 1. The number of benzene rings is 1. The fourth-order valence-corrected chi connectivity index (χ4v) is 2.70. The molecule has 0 saturated heterocycles. The van der Waals surface area contributed by atoms with E-state index in [-0.39, 0.29) is 6.09 Å². The highest BCUT2D eigenvalue weighted by molar-refractivity contribution is 5.84. The van der Waals surface area contributed by atoms with Gasteiger partial charge in [0.15, 0.2) is 0 Å². The van der Waals surface area contributed by atoms with Crippen LogP contribution in [-0.4, -0.2) is 27.7 Å². The maximum Gasteiger partial charge on any atom is 0.410 e. The molecule has 1 aliphatic heterocycles. The van der Waals surface area contributed by atoms with Gasteiger partial charge in [-0.05, 0) is 39.0 Å². The second-order valence-corrected chi connectivity index (χ2v) is 6.51. The number of aromatic nitrogens is 1. The molecule has 0 fully saturated rings. The van der Waals surface area contributed by atoms with Gasteiger partial charge in [0.2, 0.25) is 0 Å². The standard InChI is InChI=1S/C16H21N3O2/c1-16(2,3)21-15(20)18-6-7-19-13(10-18)8-11-4-5-12(17)9-14(11)19/h4-5,8-9H,6-7,10,17H2,1-3H3. The first-order valence-corrected chi connectivity index (χ1v) is 7.19. The second-order valence-electron chi connectivity index (χ2n) is 6.51. The summed E-state index contributed by atoms with van der Waals surface area (Å²) in [5.41, 5.74) is 8.41. The minimum atomic E-state index is -0.463. The van der Waals surface area contributed by atoms with Gasteiger partial charge in [-0.3, -0.25) is 0 Å². The van der Waals surface area contributed by atoms with Gasteiger partial charge < -0.3 is 19.9 Å². The normalized spacial score (nSPS) is 15.1. The number of hydrogen-bond donors (Lipinski definition) is 1. The largest absolute Gasteiger partial charge is 0.444 e. The second kappa shape index (κ2) is 4.69. The van der Waals surface area contributed by atoms with Crippen molar-refractivity contribution >= 4 is 22.7 Å². The Balaban J connectivity index is 1.86. The van der Waals surface area contributed by atoms with Gasteiger partial charge in [0.25, 0.3) is 0 Å². The van der Waals surface area contributed by atoms with Crippen LogP contribution in [0.4, 0.5) is 10.5 Å². The quantitative estimate of drug-likeness (QED) is 0.758. The van der Waals surface area contributed by atoms with Gasteiger partial charge in [-0.15, -0.1) is 0 Å². The minimum absolute atomic E-state index is 0.251. The van der Waals surface area contributed by atoms with E-state index in [4.69, 9.17) is 10.5 Å². The molecule has 3 rings (SSSR count). The summed E-state index contributed by atoms with van der Waals surface area (Å²) in [6, 6.07) is 8.03. The van der Waals surface area contributed by atoms with E-state index in [1.165, 1.54) is 0 Å².